The van der Waals surface area contributed by atoms with Gasteiger partial charge in [-0.2, -0.15) is 0 Å². The highest BCUT2D eigenvalue weighted by molar-refractivity contribution is 5.67. The van der Waals surface area contributed by atoms with Crippen molar-refractivity contribution in [3.05, 3.63) is 49.8 Å². The van der Waals surface area contributed by atoms with Crippen LogP contribution in [0.25, 0.3) is 0 Å². The fraction of sp³-hybridized carbons (Fsp3) is 0.308. The van der Waals surface area contributed by atoms with Gasteiger partial charge in [-0.1, -0.05) is 0 Å². The first-order valence-corrected chi connectivity index (χ1v) is 5.93. The van der Waals surface area contributed by atoms with E-state index in [9.17, 15) is 4.79 Å². The van der Waals surface area contributed by atoms with Crippen molar-refractivity contribution in [1.82, 2.24) is 15.3 Å². The second kappa shape index (κ2) is 7.03. The molecule has 5 heteroatoms. The van der Waals surface area contributed by atoms with Crippen LogP contribution in [0.4, 0.5) is 4.79 Å². The lowest BCUT2D eigenvalue weighted by atomic mass is 10.1. The average molecular weight is 246 g/mol. The minimum absolute atomic E-state index is 0.374. The van der Waals surface area contributed by atoms with Gasteiger partial charge in [-0.05, 0) is 38.5 Å². The number of amides is 1. The number of alkyl carbamates (subject to hydrolysis) is 1. The van der Waals surface area contributed by atoms with Crippen LogP contribution < -0.4 is 5.32 Å². The van der Waals surface area contributed by atoms with Gasteiger partial charge in [0, 0.05) is 24.4 Å². The van der Waals surface area contributed by atoms with Gasteiger partial charge in [0.25, 0.3) is 0 Å². The van der Waals surface area contributed by atoms with Gasteiger partial charge in [0.05, 0.1) is 12.9 Å². The van der Waals surface area contributed by atoms with Crippen LogP contribution >= 0.6 is 0 Å². The molecule has 5 radical (unpaired) electrons. The van der Waals surface area contributed by atoms with Gasteiger partial charge in [-0.15, -0.1) is 0 Å². The highest BCUT2D eigenvalue weighted by atomic mass is 16.5. The standard InChI is InChI=1S/C13H16N3O2/c17-13(15-8-11-4-1-2-5-11)18-7-3-6-12-9-14-10-16-12/h1-2,4-5,9-10H,3,6-8H2,(H,14,16)(H,15,17). The molecular formula is C13H16N3O2. The quantitative estimate of drug-likeness (QED) is 0.747. The highest BCUT2D eigenvalue weighted by Gasteiger charge is 2.17. The highest BCUT2D eigenvalue weighted by Crippen LogP contribution is 2.21. The van der Waals surface area contributed by atoms with E-state index in [2.05, 4.69) is 15.3 Å². The van der Waals surface area contributed by atoms with E-state index in [0.717, 1.165) is 24.5 Å². The molecule has 1 aromatic rings. The molecule has 1 saturated carbocycles. The third kappa shape index (κ3) is 4.39. The monoisotopic (exact) mass is 246 g/mol. The Morgan fingerprint density at radius 2 is 2.22 bits per heavy atom. The predicted octanol–water partition coefficient (Wildman–Crippen LogP) is 1.47. The number of rotatable bonds is 6. The predicted molar refractivity (Wildman–Crippen MR) is 66.7 cm³/mol. The zero-order valence-electron chi connectivity index (χ0n) is 10.1. The number of aryl methyl sites for hydroxylation is 1. The van der Waals surface area contributed by atoms with E-state index in [4.69, 9.17) is 4.74 Å². The molecular weight excluding hydrogens is 230 g/mol. The second-order valence-corrected chi connectivity index (χ2v) is 3.96. The molecule has 5 nitrogen and oxygen atoms in total. The average Bonchev–Trinajstić information content (AvgIpc) is 3.04. The summed E-state index contributed by atoms with van der Waals surface area (Å²) in [5, 5.41) is 2.70. The van der Waals surface area contributed by atoms with Crippen molar-refractivity contribution in [2.24, 2.45) is 0 Å². The molecule has 0 spiro atoms. The van der Waals surface area contributed by atoms with Crippen molar-refractivity contribution in [3.8, 4) is 0 Å². The Morgan fingerprint density at radius 3 is 2.94 bits per heavy atom. The molecule has 2 rings (SSSR count). The van der Waals surface area contributed by atoms with Crippen LogP contribution in [0.5, 0.6) is 0 Å². The molecule has 1 aliphatic carbocycles. The molecule has 95 valence electrons. The first-order chi connectivity index (χ1) is 8.84. The Hall–Kier alpha value is -1.52. The van der Waals surface area contributed by atoms with E-state index in [1.807, 2.05) is 25.7 Å². The molecule has 1 aliphatic rings. The van der Waals surface area contributed by atoms with Crippen LogP contribution in [0.15, 0.2) is 12.5 Å². The van der Waals surface area contributed by atoms with Crippen LogP contribution in [-0.4, -0.2) is 29.2 Å². The number of aromatic amines is 1. The SMILES string of the molecule is O=C(NC[C]1[CH][CH][CH][CH]1)OCCCc1cnc[nH]1. The van der Waals surface area contributed by atoms with Gasteiger partial charge >= 0.3 is 6.09 Å². The molecule has 0 unspecified atom stereocenters. The summed E-state index contributed by atoms with van der Waals surface area (Å²) in [7, 11) is 0. The Bertz CT molecular complexity index is 345. The van der Waals surface area contributed by atoms with E-state index >= 15 is 0 Å². The zero-order chi connectivity index (χ0) is 12.6. The number of nitrogens with one attached hydrogen (secondary N) is 2. The number of hydrogen-bond donors (Lipinski definition) is 2. The first kappa shape index (κ1) is 12.9. The molecule has 1 aromatic heterocycles. The molecule has 0 aliphatic heterocycles. The first-order valence-electron chi connectivity index (χ1n) is 5.93. The van der Waals surface area contributed by atoms with Crippen molar-refractivity contribution < 1.29 is 9.53 Å². The fourth-order valence-electron chi connectivity index (χ4n) is 1.61. The Balaban J connectivity index is 1.49. The van der Waals surface area contributed by atoms with Crippen LogP contribution in [0.3, 0.4) is 0 Å². The van der Waals surface area contributed by atoms with E-state index in [0.29, 0.717) is 13.2 Å². The minimum Gasteiger partial charge on any atom is -0.450 e. The number of hydrogen-bond acceptors (Lipinski definition) is 3. The summed E-state index contributed by atoms with van der Waals surface area (Å²) in [4.78, 5) is 18.3. The molecule has 1 fully saturated rings. The molecule has 1 heterocycles. The van der Waals surface area contributed by atoms with Crippen molar-refractivity contribution in [3.63, 3.8) is 0 Å². The number of imidazole rings is 1. The Morgan fingerprint density at radius 1 is 1.39 bits per heavy atom. The molecule has 18 heavy (non-hydrogen) atoms. The largest absolute Gasteiger partial charge is 0.450 e. The summed E-state index contributed by atoms with van der Waals surface area (Å²) in [5.74, 6) is 1.07. The normalized spacial score (nSPS) is 15.8. The number of H-pyrrole nitrogens is 1. The van der Waals surface area contributed by atoms with Crippen LogP contribution in [0.1, 0.15) is 12.1 Å². The summed E-state index contributed by atoms with van der Waals surface area (Å²) >= 11 is 0. The molecule has 0 atom stereocenters. The van der Waals surface area contributed by atoms with E-state index in [-0.39, 0.29) is 6.09 Å². The van der Waals surface area contributed by atoms with Gasteiger partial charge in [0.15, 0.2) is 0 Å². The van der Waals surface area contributed by atoms with Crippen molar-refractivity contribution in [2.45, 2.75) is 12.8 Å². The van der Waals surface area contributed by atoms with Crippen molar-refractivity contribution >= 4 is 6.09 Å². The molecule has 2 N–H and O–H groups in total. The van der Waals surface area contributed by atoms with Crippen molar-refractivity contribution in [2.75, 3.05) is 13.2 Å². The maximum atomic E-state index is 11.3. The van der Waals surface area contributed by atoms with Crippen LogP contribution in [-0.2, 0) is 11.2 Å². The van der Waals surface area contributed by atoms with Gasteiger partial charge in [-0.25, -0.2) is 9.78 Å². The third-order valence-corrected chi connectivity index (χ3v) is 2.55. The Kier molecular flexibility index (Phi) is 5.05. The lowest BCUT2D eigenvalue weighted by Gasteiger charge is -2.09. The summed E-state index contributed by atoms with van der Waals surface area (Å²) in [5.41, 5.74) is 1.05. The van der Waals surface area contributed by atoms with Crippen LogP contribution in [0.2, 0.25) is 0 Å². The molecule has 1 amide bonds. The van der Waals surface area contributed by atoms with Gasteiger partial charge in [0.2, 0.25) is 0 Å². The van der Waals surface area contributed by atoms with Gasteiger partial charge in [0.1, 0.15) is 0 Å². The maximum Gasteiger partial charge on any atom is 0.407 e. The van der Waals surface area contributed by atoms with Crippen molar-refractivity contribution in [1.29, 1.82) is 0 Å². The lowest BCUT2D eigenvalue weighted by molar-refractivity contribution is 0.145. The summed E-state index contributed by atoms with van der Waals surface area (Å²) < 4.78 is 5.05. The smallest absolute Gasteiger partial charge is 0.407 e. The summed E-state index contributed by atoms with van der Waals surface area (Å²) in [6, 6.07) is 0. The number of carbonyl (C=O) groups is 1. The number of carbonyl (C=O) groups excluding carboxylic acids is 1. The number of nitrogens with zero attached hydrogens (tertiary/aromatic N) is 1. The lowest BCUT2D eigenvalue weighted by Crippen LogP contribution is -2.28. The third-order valence-electron chi connectivity index (χ3n) is 2.55. The van der Waals surface area contributed by atoms with Gasteiger partial charge in [-0.3, -0.25) is 0 Å². The Labute approximate surface area is 107 Å². The molecule has 0 saturated heterocycles. The second-order valence-electron chi connectivity index (χ2n) is 3.96. The summed E-state index contributed by atoms with van der Waals surface area (Å²) in [6.07, 6.45) is 12.4. The van der Waals surface area contributed by atoms with E-state index in [1.54, 1.807) is 12.5 Å². The number of aromatic nitrogens is 2. The van der Waals surface area contributed by atoms with Gasteiger partial charge < -0.3 is 15.0 Å². The molecule has 0 bridgehead atoms. The zero-order valence-corrected chi connectivity index (χ0v) is 10.1. The maximum absolute atomic E-state index is 11.3. The van der Waals surface area contributed by atoms with E-state index < -0.39 is 0 Å². The van der Waals surface area contributed by atoms with Crippen LogP contribution in [0, 0.1) is 31.6 Å². The topological polar surface area (TPSA) is 67.0 Å². The molecule has 0 aromatic carbocycles. The minimum atomic E-state index is -0.374. The fourth-order valence-corrected chi connectivity index (χ4v) is 1.61. The summed E-state index contributed by atoms with van der Waals surface area (Å²) in [6.45, 7) is 0.915. The number of ether oxygens (including phenoxy) is 1. The van der Waals surface area contributed by atoms with E-state index in [1.165, 1.54) is 0 Å².